The SMILES string of the molecule is CC1CSC(Nc2cc(Cl)c(Cl)cc2Cl)=NC1C. The summed E-state index contributed by atoms with van der Waals surface area (Å²) in [5.74, 6) is 1.64. The number of thioether (sulfide) groups is 1. The normalized spacial score (nSPS) is 23.7. The Kier molecular flexibility index (Phi) is 4.70. The minimum Gasteiger partial charge on any atom is -0.334 e. The van der Waals surface area contributed by atoms with Gasteiger partial charge in [-0.05, 0) is 25.0 Å². The van der Waals surface area contributed by atoms with Crippen molar-refractivity contribution in [3.63, 3.8) is 0 Å². The lowest BCUT2D eigenvalue weighted by Gasteiger charge is -2.24. The van der Waals surface area contributed by atoms with Crippen molar-refractivity contribution in [1.82, 2.24) is 0 Å². The molecule has 0 aromatic heterocycles. The summed E-state index contributed by atoms with van der Waals surface area (Å²) >= 11 is 19.7. The molecule has 1 aliphatic heterocycles. The zero-order chi connectivity index (χ0) is 13.3. The van der Waals surface area contributed by atoms with Gasteiger partial charge in [0.1, 0.15) is 0 Å². The maximum absolute atomic E-state index is 6.12. The Hall–Kier alpha value is -0.0900. The third kappa shape index (κ3) is 3.27. The molecular weight excluding hydrogens is 311 g/mol. The number of amidine groups is 1. The standard InChI is InChI=1S/C12H13Cl3N2S/c1-6-5-18-12(16-7(6)2)17-11-4-9(14)8(13)3-10(11)15/h3-4,6-7H,5H2,1-2H3,(H,16,17). The maximum Gasteiger partial charge on any atom is 0.161 e. The molecule has 0 spiro atoms. The van der Waals surface area contributed by atoms with E-state index in [-0.39, 0.29) is 0 Å². The van der Waals surface area contributed by atoms with Crippen LogP contribution in [0.4, 0.5) is 5.69 Å². The first-order chi connectivity index (χ1) is 8.47. The van der Waals surface area contributed by atoms with Crippen molar-refractivity contribution in [2.45, 2.75) is 19.9 Å². The van der Waals surface area contributed by atoms with Crippen molar-refractivity contribution in [3.05, 3.63) is 27.2 Å². The number of hydrogen-bond donors (Lipinski definition) is 1. The average Bonchev–Trinajstić information content (AvgIpc) is 2.31. The van der Waals surface area contributed by atoms with Crippen molar-refractivity contribution >= 4 is 57.4 Å². The quantitative estimate of drug-likeness (QED) is 0.720. The number of rotatable bonds is 1. The maximum atomic E-state index is 6.12. The van der Waals surface area contributed by atoms with E-state index in [0.29, 0.717) is 27.0 Å². The Morgan fingerprint density at radius 3 is 2.50 bits per heavy atom. The number of halogens is 3. The summed E-state index contributed by atoms with van der Waals surface area (Å²) in [6, 6.07) is 3.67. The predicted molar refractivity (Wildman–Crippen MR) is 83.6 cm³/mol. The van der Waals surface area contributed by atoms with Crippen LogP contribution in [-0.4, -0.2) is 17.0 Å². The fourth-order valence-electron chi connectivity index (χ4n) is 1.50. The van der Waals surface area contributed by atoms with Crippen LogP contribution in [0.15, 0.2) is 17.1 Å². The molecule has 1 heterocycles. The van der Waals surface area contributed by atoms with Crippen molar-refractivity contribution in [3.8, 4) is 0 Å². The van der Waals surface area contributed by atoms with E-state index in [4.69, 9.17) is 34.8 Å². The minimum atomic E-state index is 0.315. The van der Waals surface area contributed by atoms with Crippen LogP contribution in [0.1, 0.15) is 13.8 Å². The van der Waals surface area contributed by atoms with Crippen LogP contribution >= 0.6 is 46.6 Å². The lowest BCUT2D eigenvalue weighted by atomic mass is 10.1. The number of benzene rings is 1. The molecule has 1 aliphatic rings. The molecule has 0 saturated heterocycles. The van der Waals surface area contributed by atoms with Crippen LogP contribution in [0.5, 0.6) is 0 Å². The first kappa shape index (κ1) is 14.3. The molecule has 0 radical (unpaired) electrons. The van der Waals surface area contributed by atoms with E-state index in [1.54, 1.807) is 23.9 Å². The first-order valence-corrected chi connectivity index (χ1v) is 7.71. The lowest BCUT2D eigenvalue weighted by molar-refractivity contribution is 0.537. The molecule has 2 nitrogen and oxygen atoms in total. The zero-order valence-corrected chi connectivity index (χ0v) is 13.1. The van der Waals surface area contributed by atoms with Crippen LogP contribution in [0.25, 0.3) is 0 Å². The van der Waals surface area contributed by atoms with E-state index in [1.165, 1.54) is 0 Å². The molecule has 0 bridgehead atoms. The molecule has 18 heavy (non-hydrogen) atoms. The zero-order valence-electron chi connectivity index (χ0n) is 10.0. The van der Waals surface area contributed by atoms with E-state index < -0.39 is 0 Å². The van der Waals surface area contributed by atoms with E-state index in [2.05, 4.69) is 24.2 Å². The second kappa shape index (κ2) is 5.91. The third-order valence-corrected chi connectivity index (χ3v) is 5.09. The molecule has 0 saturated carbocycles. The molecule has 1 N–H and O–H groups in total. The molecule has 98 valence electrons. The van der Waals surface area contributed by atoms with Crippen molar-refractivity contribution < 1.29 is 0 Å². The van der Waals surface area contributed by atoms with Gasteiger partial charge in [-0.2, -0.15) is 0 Å². The molecule has 1 aromatic carbocycles. The fourth-order valence-corrected chi connectivity index (χ4v) is 3.22. The molecule has 1 aromatic rings. The Morgan fingerprint density at radius 2 is 1.83 bits per heavy atom. The first-order valence-electron chi connectivity index (χ1n) is 5.59. The van der Waals surface area contributed by atoms with E-state index in [1.807, 2.05) is 0 Å². The molecule has 2 rings (SSSR count). The molecule has 0 amide bonds. The van der Waals surface area contributed by atoms with Crippen molar-refractivity contribution in [2.75, 3.05) is 11.1 Å². The van der Waals surface area contributed by atoms with Crippen molar-refractivity contribution in [1.29, 1.82) is 0 Å². The lowest BCUT2D eigenvalue weighted by Crippen LogP contribution is -2.25. The van der Waals surface area contributed by atoms with Gasteiger partial charge < -0.3 is 5.32 Å². The van der Waals surface area contributed by atoms with Crippen LogP contribution in [0.2, 0.25) is 15.1 Å². The largest absolute Gasteiger partial charge is 0.334 e. The monoisotopic (exact) mass is 322 g/mol. The van der Waals surface area contributed by atoms with Gasteiger partial charge in [0, 0.05) is 5.75 Å². The van der Waals surface area contributed by atoms with E-state index in [0.717, 1.165) is 16.6 Å². The van der Waals surface area contributed by atoms with Gasteiger partial charge >= 0.3 is 0 Å². The Labute approximate surface area is 126 Å². The number of hydrogen-bond acceptors (Lipinski definition) is 3. The highest BCUT2D eigenvalue weighted by molar-refractivity contribution is 8.14. The van der Waals surface area contributed by atoms with Crippen LogP contribution in [0, 0.1) is 5.92 Å². The number of nitrogens with zero attached hydrogens (tertiary/aromatic N) is 1. The molecular formula is C12H13Cl3N2S. The molecule has 0 fully saturated rings. The van der Waals surface area contributed by atoms with E-state index >= 15 is 0 Å². The smallest absolute Gasteiger partial charge is 0.161 e. The number of aliphatic imine (C=N–C) groups is 1. The van der Waals surface area contributed by atoms with Gasteiger partial charge in [0.05, 0.1) is 26.8 Å². The molecule has 2 unspecified atom stereocenters. The van der Waals surface area contributed by atoms with Gasteiger partial charge in [-0.15, -0.1) is 0 Å². The Bertz CT molecular complexity index is 490. The second-order valence-corrected chi connectivity index (χ2v) is 6.56. The predicted octanol–water partition coefficient (Wildman–Crippen LogP) is 5.19. The summed E-state index contributed by atoms with van der Waals surface area (Å²) in [4.78, 5) is 4.59. The van der Waals surface area contributed by atoms with Crippen LogP contribution in [-0.2, 0) is 0 Å². The summed E-state index contributed by atoms with van der Waals surface area (Å²) in [6.07, 6.45) is 0. The minimum absolute atomic E-state index is 0.315. The van der Waals surface area contributed by atoms with Crippen LogP contribution in [0.3, 0.4) is 0 Å². The summed E-state index contributed by atoms with van der Waals surface area (Å²) in [5, 5.41) is 5.55. The summed E-state index contributed by atoms with van der Waals surface area (Å²) in [6.45, 7) is 4.31. The number of nitrogens with one attached hydrogen (secondary N) is 1. The highest BCUT2D eigenvalue weighted by Gasteiger charge is 2.19. The summed E-state index contributed by atoms with van der Waals surface area (Å²) in [5.41, 5.74) is 0.735. The summed E-state index contributed by atoms with van der Waals surface area (Å²) < 4.78 is 0. The molecule has 0 aliphatic carbocycles. The van der Waals surface area contributed by atoms with Crippen LogP contribution < -0.4 is 5.32 Å². The van der Waals surface area contributed by atoms with Gasteiger partial charge in [0.2, 0.25) is 0 Å². The number of anilines is 1. The van der Waals surface area contributed by atoms with E-state index in [9.17, 15) is 0 Å². The topological polar surface area (TPSA) is 24.4 Å². The average molecular weight is 324 g/mol. The van der Waals surface area contributed by atoms with Gasteiger partial charge in [-0.3, -0.25) is 4.99 Å². The van der Waals surface area contributed by atoms with Gasteiger partial charge in [0.15, 0.2) is 5.17 Å². The third-order valence-electron chi connectivity index (χ3n) is 2.88. The summed E-state index contributed by atoms with van der Waals surface area (Å²) in [7, 11) is 0. The fraction of sp³-hybridized carbons (Fsp3) is 0.417. The Balaban J connectivity index is 2.20. The molecule has 2 atom stereocenters. The Morgan fingerprint density at radius 1 is 1.17 bits per heavy atom. The van der Waals surface area contributed by atoms with Gasteiger partial charge in [-0.1, -0.05) is 53.5 Å². The van der Waals surface area contributed by atoms with Crippen molar-refractivity contribution in [2.24, 2.45) is 10.9 Å². The second-order valence-electron chi connectivity index (χ2n) is 4.33. The molecule has 6 heteroatoms. The van der Waals surface area contributed by atoms with Gasteiger partial charge in [-0.25, -0.2) is 0 Å². The highest BCUT2D eigenvalue weighted by Crippen LogP contribution is 2.33. The highest BCUT2D eigenvalue weighted by atomic mass is 35.5. The van der Waals surface area contributed by atoms with Gasteiger partial charge in [0.25, 0.3) is 0 Å².